The van der Waals surface area contributed by atoms with Crippen LogP contribution in [-0.2, 0) is 0 Å². The molecule has 1 amide bonds. The summed E-state index contributed by atoms with van der Waals surface area (Å²) in [4.78, 5) is 25.9. The largest absolute Gasteiger partial charge is 0.493 e. The van der Waals surface area contributed by atoms with Gasteiger partial charge in [0.15, 0.2) is 11.5 Å². The Morgan fingerprint density at radius 1 is 1.25 bits per heavy atom. The fraction of sp³-hybridized carbons (Fsp3) is 0.421. The first-order valence-electron chi connectivity index (χ1n) is 8.91. The monoisotopic (exact) mass is 407 g/mol. The Labute approximate surface area is 168 Å². The van der Waals surface area contributed by atoms with Crippen molar-refractivity contribution in [2.24, 2.45) is 0 Å². The predicted molar refractivity (Wildman–Crippen MR) is 109 cm³/mol. The van der Waals surface area contributed by atoms with Crippen molar-refractivity contribution >= 4 is 22.9 Å². The van der Waals surface area contributed by atoms with E-state index in [4.69, 9.17) is 9.47 Å². The number of amides is 1. The van der Waals surface area contributed by atoms with E-state index in [1.165, 1.54) is 26.4 Å². The summed E-state index contributed by atoms with van der Waals surface area (Å²) >= 11 is 1.59. The Balaban J connectivity index is 2.29. The second-order valence-electron chi connectivity index (χ2n) is 5.99. The molecule has 0 saturated heterocycles. The summed E-state index contributed by atoms with van der Waals surface area (Å²) in [7, 11) is 2.80. The Morgan fingerprint density at radius 2 is 1.89 bits per heavy atom. The van der Waals surface area contributed by atoms with E-state index in [0.29, 0.717) is 6.54 Å². The molecule has 0 radical (unpaired) electrons. The Bertz CT molecular complexity index is 806. The molecule has 152 valence electrons. The molecule has 8 nitrogen and oxygen atoms in total. The molecule has 1 heterocycles. The van der Waals surface area contributed by atoms with Gasteiger partial charge in [0.2, 0.25) is 0 Å². The molecule has 0 aliphatic heterocycles. The molecule has 1 aromatic carbocycles. The van der Waals surface area contributed by atoms with Crippen molar-refractivity contribution in [3.05, 3.63) is 50.2 Å². The number of rotatable bonds is 10. The van der Waals surface area contributed by atoms with Crippen LogP contribution in [0.1, 0.15) is 35.8 Å². The highest BCUT2D eigenvalue weighted by atomic mass is 32.1. The zero-order valence-electron chi connectivity index (χ0n) is 16.4. The van der Waals surface area contributed by atoms with Crippen LogP contribution in [0.3, 0.4) is 0 Å². The summed E-state index contributed by atoms with van der Waals surface area (Å²) < 4.78 is 10.3. The Kier molecular flexibility index (Phi) is 7.77. The first-order valence-corrected chi connectivity index (χ1v) is 9.85. The van der Waals surface area contributed by atoms with Crippen LogP contribution in [0.15, 0.2) is 29.0 Å². The van der Waals surface area contributed by atoms with Crippen LogP contribution in [-0.4, -0.2) is 49.6 Å². The van der Waals surface area contributed by atoms with Gasteiger partial charge in [0.1, 0.15) is 5.56 Å². The number of benzene rings is 1. The normalized spacial score (nSPS) is 11.9. The summed E-state index contributed by atoms with van der Waals surface area (Å²) in [5.41, 5.74) is 0.715. The van der Waals surface area contributed by atoms with Gasteiger partial charge >= 0.3 is 0 Å². The number of hydrogen-bond donors (Lipinski definition) is 1. The molecule has 2 aromatic rings. The maximum atomic E-state index is 12.8. The smallest absolute Gasteiger partial charge is 0.286 e. The van der Waals surface area contributed by atoms with Crippen LogP contribution in [0.2, 0.25) is 0 Å². The molecule has 0 aliphatic carbocycles. The van der Waals surface area contributed by atoms with Crippen molar-refractivity contribution in [3.63, 3.8) is 0 Å². The maximum Gasteiger partial charge on any atom is 0.286 e. The van der Waals surface area contributed by atoms with Gasteiger partial charge in [-0.25, -0.2) is 0 Å². The zero-order chi connectivity index (χ0) is 20.7. The van der Waals surface area contributed by atoms with Gasteiger partial charge in [-0.15, -0.1) is 0 Å². The van der Waals surface area contributed by atoms with E-state index in [0.717, 1.165) is 18.7 Å². The third kappa shape index (κ3) is 4.79. The Morgan fingerprint density at radius 3 is 2.39 bits per heavy atom. The van der Waals surface area contributed by atoms with E-state index in [-0.39, 0.29) is 28.8 Å². The Hall–Kier alpha value is -2.65. The standard InChI is InChI=1S/C19H25N3O5S/c1-5-21(6-2)16(13-7-8-28-12-13)11-20-19(23)14-9-17(26-3)18(27-4)10-15(14)22(24)25/h7-10,12,16H,5-6,11H2,1-4H3,(H,20,23). The van der Waals surface area contributed by atoms with Gasteiger partial charge in [0, 0.05) is 12.6 Å². The SMILES string of the molecule is CCN(CC)C(CNC(=O)c1cc(OC)c(OC)cc1[N+](=O)[O-])c1ccsc1. The third-order valence-electron chi connectivity index (χ3n) is 4.58. The zero-order valence-corrected chi connectivity index (χ0v) is 17.2. The highest BCUT2D eigenvalue weighted by molar-refractivity contribution is 7.07. The lowest BCUT2D eigenvalue weighted by atomic mass is 10.1. The third-order valence-corrected chi connectivity index (χ3v) is 5.28. The number of thiophene rings is 1. The first-order chi connectivity index (χ1) is 13.5. The van der Waals surface area contributed by atoms with E-state index >= 15 is 0 Å². The van der Waals surface area contributed by atoms with E-state index in [9.17, 15) is 14.9 Å². The average molecular weight is 407 g/mol. The summed E-state index contributed by atoms with van der Waals surface area (Å²) in [6.45, 7) is 6.10. The quantitative estimate of drug-likeness (QED) is 0.479. The molecule has 0 aliphatic rings. The fourth-order valence-electron chi connectivity index (χ4n) is 3.07. The number of methoxy groups -OCH3 is 2. The lowest BCUT2D eigenvalue weighted by Crippen LogP contribution is -2.38. The van der Waals surface area contributed by atoms with Gasteiger partial charge in [-0.2, -0.15) is 11.3 Å². The number of likely N-dealkylation sites (N-methyl/N-ethyl adjacent to an activating group) is 1. The van der Waals surface area contributed by atoms with Crippen molar-refractivity contribution in [1.82, 2.24) is 10.2 Å². The van der Waals surface area contributed by atoms with Crippen molar-refractivity contribution in [1.29, 1.82) is 0 Å². The van der Waals surface area contributed by atoms with Crippen LogP contribution in [0.5, 0.6) is 11.5 Å². The molecule has 0 bridgehead atoms. The molecule has 1 N–H and O–H groups in total. The average Bonchev–Trinajstić information content (AvgIpc) is 3.24. The topological polar surface area (TPSA) is 93.9 Å². The molecule has 2 rings (SSSR count). The summed E-state index contributed by atoms with van der Waals surface area (Å²) in [5, 5.41) is 18.3. The molecular formula is C19H25N3O5S. The van der Waals surface area contributed by atoms with Gasteiger partial charge in [0.05, 0.1) is 31.3 Å². The molecular weight excluding hydrogens is 382 g/mol. The fourth-order valence-corrected chi connectivity index (χ4v) is 3.78. The van der Waals surface area contributed by atoms with Crippen molar-refractivity contribution < 1.29 is 19.2 Å². The molecule has 0 saturated carbocycles. The van der Waals surface area contributed by atoms with Gasteiger partial charge in [-0.05, 0) is 35.5 Å². The highest BCUT2D eigenvalue weighted by Crippen LogP contribution is 2.34. The lowest BCUT2D eigenvalue weighted by Gasteiger charge is -2.29. The van der Waals surface area contributed by atoms with Crippen molar-refractivity contribution in [3.8, 4) is 11.5 Å². The molecule has 9 heteroatoms. The highest BCUT2D eigenvalue weighted by Gasteiger charge is 2.26. The minimum Gasteiger partial charge on any atom is -0.493 e. The molecule has 0 fully saturated rings. The molecule has 1 atom stereocenters. The van der Waals surface area contributed by atoms with Crippen LogP contribution >= 0.6 is 11.3 Å². The minimum absolute atomic E-state index is 0.00981. The maximum absolute atomic E-state index is 12.8. The number of nitrogens with zero attached hydrogens (tertiary/aromatic N) is 2. The second kappa shape index (κ2) is 10.0. The van der Waals surface area contributed by atoms with Gasteiger partial charge < -0.3 is 14.8 Å². The van der Waals surface area contributed by atoms with Crippen LogP contribution in [0.4, 0.5) is 5.69 Å². The van der Waals surface area contributed by atoms with E-state index in [1.807, 2.05) is 16.8 Å². The molecule has 1 unspecified atom stereocenters. The number of nitro benzene ring substituents is 1. The number of nitrogens with one attached hydrogen (secondary N) is 1. The van der Waals surface area contributed by atoms with E-state index < -0.39 is 10.8 Å². The first kappa shape index (κ1) is 21.6. The summed E-state index contributed by atoms with van der Waals surface area (Å²) in [6, 6.07) is 4.56. The number of carbonyl (C=O) groups is 1. The van der Waals surface area contributed by atoms with Gasteiger partial charge in [-0.1, -0.05) is 13.8 Å². The number of ether oxygens (including phenoxy) is 2. The second-order valence-corrected chi connectivity index (χ2v) is 6.77. The van der Waals surface area contributed by atoms with Crippen LogP contribution in [0.25, 0.3) is 0 Å². The minimum atomic E-state index is -0.600. The van der Waals surface area contributed by atoms with Crippen LogP contribution in [0, 0.1) is 10.1 Å². The number of hydrogen-bond acceptors (Lipinski definition) is 7. The summed E-state index contributed by atoms with van der Waals surface area (Å²) in [5.74, 6) is -0.0681. The van der Waals surface area contributed by atoms with Gasteiger partial charge in [-0.3, -0.25) is 19.8 Å². The summed E-state index contributed by atoms with van der Waals surface area (Å²) in [6.07, 6.45) is 0. The number of carbonyl (C=O) groups excluding carboxylic acids is 1. The van der Waals surface area contributed by atoms with E-state index in [1.54, 1.807) is 11.3 Å². The van der Waals surface area contributed by atoms with Crippen molar-refractivity contribution in [2.45, 2.75) is 19.9 Å². The van der Waals surface area contributed by atoms with Gasteiger partial charge in [0.25, 0.3) is 11.6 Å². The lowest BCUT2D eigenvalue weighted by molar-refractivity contribution is -0.385. The molecule has 28 heavy (non-hydrogen) atoms. The molecule has 0 spiro atoms. The molecule has 1 aromatic heterocycles. The predicted octanol–water partition coefficient (Wildman–Crippen LogP) is 3.49. The van der Waals surface area contributed by atoms with E-state index in [2.05, 4.69) is 24.1 Å². The van der Waals surface area contributed by atoms with Crippen molar-refractivity contribution in [2.75, 3.05) is 33.9 Å². The van der Waals surface area contributed by atoms with Crippen LogP contribution < -0.4 is 14.8 Å². The number of nitro groups is 1.